The Hall–Kier alpha value is -3.88. The zero-order valence-corrected chi connectivity index (χ0v) is 22.0. The second-order valence-corrected chi connectivity index (χ2v) is 8.95. The molecular formula is C28H38N4O5. The average Bonchev–Trinajstić information content (AvgIpc) is 3.37. The molecule has 2 aromatic carbocycles. The highest BCUT2D eigenvalue weighted by Gasteiger charge is 2.34. The minimum atomic E-state index is -0.879. The quantitative estimate of drug-likeness (QED) is 0.355. The molecule has 1 heterocycles. The smallest absolute Gasteiger partial charge is 0.323 e. The van der Waals surface area contributed by atoms with Crippen LogP contribution in [0, 0.1) is 12.8 Å². The van der Waals surface area contributed by atoms with Gasteiger partial charge < -0.3 is 26.0 Å². The lowest BCUT2D eigenvalue weighted by atomic mass is 10.0. The van der Waals surface area contributed by atoms with Gasteiger partial charge in [-0.3, -0.25) is 14.4 Å². The summed E-state index contributed by atoms with van der Waals surface area (Å²) in [6, 6.07) is 13.3. The van der Waals surface area contributed by atoms with Gasteiger partial charge in [0.15, 0.2) is 0 Å². The molecule has 4 N–H and O–H groups in total. The molecule has 9 nitrogen and oxygen atoms in total. The Balaban J connectivity index is 0.00000235. The largest absolute Gasteiger partial charge is 0.481 e. The summed E-state index contributed by atoms with van der Waals surface area (Å²) in [5, 5.41) is 17.2. The first-order valence-electron chi connectivity index (χ1n) is 12.8. The maximum atomic E-state index is 12.9. The highest BCUT2D eigenvalue weighted by Crippen LogP contribution is 2.23. The maximum Gasteiger partial charge on any atom is 0.323 e. The molecule has 0 bridgehead atoms. The van der Waals surface area contributed by atoms with E-state index in [1.54, 1.807) is 29.2 Å². The second-order valence-electron chi connectivity index (χ2n) is 8.95. The van der Waals surface area contributed by atoms with E-state index in [0.29, 0.717) is 30.8 Å². The molecule has 0 saturated carbocycles. The lowest BCUT2D eigenvalue weighted by molar-refractivity contribution is -0.139. The third-order valence-electron chi connectivity index (χ3n) is 6.05. The number of rotatable bonds is 9. The monoisotopic (exact) mass is 510 g/mol. The standard InChI is InChI=1S/C26H32N4O5.C2H6/c1-17(9-14-24(32)33)16-23(31)30-15-5-8-22(30)25(34)27-19-10-12-20(13-11-19)28-26(35)29-21-7-4-3-6-18(21)2;1-2/h3-4,6-7,10-13,17,22H,5,8-9,14-16H2,1-2H3,(H,27,34)(H,32,33)(H2,28,29,35);1-2H3/t17?,22-;/m0./s1. The summed E-state index contributed by atoms with van der Waals surface area (Å²) >= 11 is 0. The van der Waals surface area contributed by atoms with E-state index in [1.165, 1.54) is 0 Å². The highest BCUT2D eigenvalue weighted by atomic mass is 16.4. The minimum Gasteiger partial charge on any atom is -0.481 e. The van der Waals surface area contributed by atoms with Crippen LogP contribution >= 0.6 is 0 Å². The Kier molecular flexibility index (Phi) is 11.6. The molecule has 0 aromatic heterocycles. The number of likely N-dealkylation sites (tertiary alicyclic amines) is 1. The van der Waals surface area contributed by atoms with E-state index in [1.807, 2.05) is 52.0 Å². The number of urea groups is 1. The SMILES string of the molecule is CC.Cc1ccccc1NC(=O)Nc1ccc(NC(=O)[C@@H]2CCCN2C(=O)CC(C)CCC(=O)O)cc1. The molecule has 2 aromatic rings. The van der Waals surface area contributed by atoms with Gasteiger partial charge in [0.2, 0.25) is 11.8 Å². The molecule has 2 atom stereocenters. The fraction of sp³-hybridized carbons (Fsp3) is 0.429. The molecule has 1 fully saturated rings. The van der Waals surface area contributed by atoms with Crippen molar-refractivity contribution in [3.63, 3.8) is 0 Å². The minimum absolute atomic E-state index is 0.0246. The van der Waals surface area contributed by atoms with Gasteiger partial charge in [0.1, 0.15) is 6.04 Å². The van der Waals surface area contributed by atoms with Crippen LogP contribution in [0.15, 0.2) is 48.5 Å². The Labute approximate surface area is 218 Å². The molecule has 0 aliphatic carbocycles. The number of carbonyl (C=O) groups is 4. The number of carboxylic acids is 1. The van der Waals surface area contributed by atoms with Crippen molar-refractivity contribution in [2.45, 2.75) is 65.8 Å². The summed E-state index contributed by atoms with van der Waals surface area (Å²) in [6.07, 6.45) is 2.00. The van der Waals surface area contributed by atoms with Gasteiger partial charge in [0.05, 0.1) is 0 Å². The number of benzene rings is 2. The van der Waals surface area contributed by atoms with E-state index in [9.17, 15) is 19.2 Å². The first-order chi connectivity index (χ1) is 17.7. The Morgan fingerprint density at radius 3 is 2.22 bits per heavy atom. The number of nitrogens with one attached hydrogen (secondary N) is 3. The van der Waals surface area contributed by atoms with Crippen molar-refractivity contribution in [1.29, 1.82) is 0 Å². The lowest BCUT2D eigenvalue weighted by Crippen LogP contribution is -2.43. The summed E-state index contributed by atoms with van der Waals surface area (Å²) in [7, 11) is 0. The predicted molar refractivity (Wildman–Crippen MR) is 146 cm³/mol. The van der Waals surface area contributed by atoms with Gasteiger partial charge in [-0.25, -0.2) is 4.79 Å². The summed E-state index contributed by atoms with van der Waals surface area (Å²) < 4.78 is 0. The lowest BCUT2D eigenvalue weighted by Gasteiger charge is -2.25. The zero-order chi connectivity index (χ0) is 27.4. The van der Waals surface area contributed by atoms with Crippen LogP contribution in [-0.2, 0) is 14.4 Å². The molecule has 37 heavy (non-hydrogen) atoms. The van der Waals surface area contributed by atoms with Crippen LogP contribution in [0.5, 0.6) is 0 Å². The van der Waals surface area contributed by atoms with Crippen LogP contribution in [0.2, 0.25) is 0 Å². The molecule has 1 saturated heterocycles. The summed E-state index contributed by atoms with van der Waals surface area (Å²) in [6.45, 7) is 8.27. The third kappa shape index (κ3) is 9.25. The number of hydrogen-bond acceptors (Lipinski definition) is 4. The number of para-hydroxylation sites is 1. The molecule has 0 radical (unpaired) electrons. The van der Waals surface area contributed by atoms with Crippen molar-refractivity contribution in [1.82, 2.24) is 4.90 Å². The molecule has 1 aliphatic heterocycles. The highest BCUT2D eigenvalue weighted by molar-refractivity contribution is 6.01. The van der Waals surface area contributed by atoms with Gasteiger partial charge in [0.25, 0.3) is 0 Å². The van der Waals surface area contributed by atoms with Gasteiger partial charge >= 0.3 is 12.0 Å². The Bertz CT molecular complexity index is 1070. The topological polar surface area (TPSA) is 128 Å². The number of carboxylic acid groups (broad SMARTS) is 1. The van der Waals surface area contributed by atoms with Crippen LogP contribution in [0.4, 0.5) is 21.9 Å². The molecule has 1 aliphatic rings. The summed E-state index contributed by atoms with van der Waals surface area (Å²) in [4.78, 5) is 50.2. The number of hydrogen-bond donors (Lipinski definition) is 4. The van der Waals surface area contributed by atoms with Crippen LogP contribution in [0.1, 0.15) is 58.4 Å². The van der Waals surface area contributed by atoms with Gasteiger partial charge in [-0.15, -0.1) is 0 Å². The molecule has 3 rings (SSSR count). The van der Waals surface area contributed by atoms with E-state index >= 15 is 0 Å². The summed E-state index contributed by atoms with van der Waals surface area (Å²) in [5.74, 6) is -1.33. The van der Waals surface area contributed by atoms with Crippen LogP contribution in [-0.4, -0.2) is 46.4 Å². The second kappa shape index (κ2) is 14.6. The van der Waals surface area contributed by atoms with E-state index in [-0.39, 0.29) is 36.6 Å². The first kappa shape index (κ1) is 29.4. The third-order valence-corrected chi connectivity index (χ3v) is 6.05. The van der Waals surface area contributed by atoms with Crippen molar-refractivity contribution >= 4 is 40.9 Å². The van der Waals surface area contributed by atoms with Crippen LogP contribution in [0.3, 0.4) is 0 Å². The van der Waals surface area contributed by atoms with Crippen molar-refractivity contribution in [2.24, 2.45) is 5.92 Å². The maximum absolute atomic E-state index is 12.9. The molecule has 1 unspecified atom stereocenters. The number of aliphatic carboxylic acids is 1. The predicted octanol–water partition coefficient (Wildman–Crippen LogP) is 5.49. The Morgan fingerprint density at radius 2 is 1.59 bits per heavy atom. The number of amides is 4. The molecule has 9 heteroatoms. The average molecular weight is 511 g/mol. The molecule has 4 amide bonds. The van der Waals surface area contributed by atoms with Crippen LogP contribution in [0.25, 0.3) is 0 Å². The number of nitrogens with zero attached hydrogens (tertiary/aromatic N) is 1. The van der Waals surface area contributed by atoms with Crippen molar-refractivity contribution in [2.75, 3.05) is 22.5 Å². The van der Waals surface area contributed by atoms with Crippen LogP contribution < -0.4 is 16.0 Å². The fourth-order valence-electron chi connectivity index (χ4n) is 4.09. The van der Waals surface area contributed by atoms with Gasteiger partial charge in [-0.2, -0.15) is 0 Å². The zero-order valence-electron chi connectivity index (χ0n) is 22.0. The Morgan fingerprint density at radius 1 is 0.973 bits per heavy atom. The van der Waals surface area contributed by atoms with E-state index in [4.69, 9.17) is 5.11 Å². The van der Waals surface area contributed by atoms with Gasteiger partial charge in [-0.1, -0.05) is 39.0 Å². The number of aryl methyl sites for hydroxylation is 1. The first-order valence-corrected chi connectivity index (χ1v) is 12.8. The van der Waals surface area contributed by atoms with E-state index < -0.39 is 12.0 Å². The summed E-state index contributed by atoms with van der Waals surface area (Å²) in [5.41, 5.74) is 2.81. The molecular weight excluding hydrogens is 472 g/mol. The van der Waals surface area contributed by atoms with E-state index in [2.05, 4.69) is 16.0 Å². The van der Waals surface area contributed by atoms with E-state index in [0.717, 1.165) is 17.7 Å². The number of anilines is 3. The van der Waals surface area contributed by atoms with Crippen molar-refractivity contribution in [3.8, 4) is 0 Å². The normalized spacial score (nSPS) is 15.1. The van der Waals surface area contributed by atoms with Crippen molar-refractivity contribution in [3.05, 3.63) is 54.1 Å². The van der Waals surface area contributed by atoms with Gasteiger partial charge in [0, 0.05) is 36.4 Å². The molecule has 200 valence electrons. The fourth-order valence-corrected chi connectivity index (χ4v) is 4.09. The number of carbonyl (C=O) groups excluding carboxylic acids is 3. The van der Waals surface area contributed by atoms with Crippen molar-refractivity contribution < 1.29 is 24.3 Å². The van der Waals surface area contributed by atoms with Gasteiger partial charge in [-0.05, 0) is 68.0 Å². The molecule has 0 spiro atoms.